The Kier molecular flexibility index (Phi) is 10.1. The van der Waals surface area contributed by atoms with Gasteiger partial charge in [-0.1, -0.05) is 36.4 Å². The predicted octanol–water partition coefficient (Wildman–Crippen LogP) is 4.64. The van der Waals surface area contributed by atoms with E-state index in [0.717, 1.165) is 29.7 Å². The maximum absolute atomic E-state index is 12.6. The second-order valence-electron chi connectivity index (χ2n) is 10.2. The summed E-state index contributed by atoms with van der Waals surface area (Å²) >= 11 is 0. The second-order valence-corrected chi connectivity index (χ2v) is 10.2. The van der Waals surface area contributed by atoms with E-state index in [9.17, 15) is 14.4 Å². The molecule has 8 nitrogen and oxygen atoms in total. The number of amides is 1. The number of alkyl carbamates (subject to hydrolysis) is 1. The lowest BCUT2D eigenvalue weighted by Gasteiger charge is -2.32. The van der Waals surface area contributed by atoms with Gasteiger partial charge in [-0.15, -0.1) is 0 Å². The highest BCUT2D eigenvalue weighted by atomic mass is 16.6. The van der Waals surface area contributed by atoms with Crippen molar-refractivity contribution in [2.45, 2.75) is 71.8 Å². The van der Waals surface area contributed by atoms with Crippen molar-refractivity contribution in [1.82, 2.24) is 10.2 Å². The molecule has 2 aromatic carbocycles. The van der Waals surface area contributed by atoms with Crippen molar-refractivity contribution < 1.29 is 28.6 Å². The summed E-state index contributed by atoms with van der Waals surface area (Å²) in [6, 6.07) is 14.8. The minimum Gasteiger partial charge on any atom is -0.462 e. The van der Waals surface area contributed by atoms with Crippen LogP contribution in [0.5, 0.6) is 0 Å². The van der Waals surface area contributed by atoms with Crippen molar-refractivity contribution >= 4 is 18.0 Å². The van der Waals surface area contributed by atoms with Crippen molar-refractivity contribution in [3.63, 3.8) is 0 Å². The van der Waals surface area contributed by atoms with Crippen LogP contribution < -0.4 is 5.32 Å². The summed E-state index contributed by atoms with van der Waals surface area (Å²) in [6.07, 6.45) is 0.878. The van der Waals surface area contributed by atoms with Crippen LogP contribution in [-0.2, 0) is 38.6 Å². The topological polar surface area (TPSA) is 94.2 Å². The number of rotatable bonds is 10. The van der Waals surface area contributed by atoms with Gasteiger partial charge in [0.1, 0.15) is 12.2 Å². The fraction of sp³-hybridized carbons (Fsp3) is 0.483. The number of esters is 2. The molecule has 0 saturated carbocycles. The third-order valence-electron chi connectivity index (χ3n) is 5.94. The quantitative estimate of drug-likeness (QED) is 0.368. The highest BCUT2D eigenvalue weighted by molar-refractivity contribution is 5.89. The zero-order valence-electron chi connectivity index (χ0n) is 22.2. The van der Waals surface area contributed by atoms with Gasteiger partial charge in [-0.25, -0.2) is 9.59 Å². The third kappa shape index (κ3) is 9.53. The van der Waals surface area contributed by atoms with E-state index in [1.807, 2.05) is 63.2 Å². The van der Waals surface area contributed by atoms with Gasteiger partial charge in [0.05, 0.1) is 12.2 Å². The van der Waals surface area contributed by atoms with Crippen LogP contribution in [0.2, 0.25) is 0 Å². The van der Waals surface area contributed by atoms with Gasteiger partial charge >= 0.3 is 18.0 Å². The van der Waals surface area contributed by atoms with Gasteiger partial charge in [0.25, 0.3) is 0 Å². The van der Waals surface area contributed by atoms with E-state index >= 15 is 0 Å². The van der Waals surface area contributed by atoms with Gasteiger partial charge in [0.15, 0.2) is 0 Å². The standard InChI is InChI=1S/C29H38N2O6/c1-5-35-27(33)23-11-12-24-18-31(16-15-22(24)17-23)19-25(13-14-26(32)37-29(2,3)4)30-28(34)36-20-21-9-7-6-8-10-21/h6-12,17,25H,5,13-16,18-20H2,1-4H3,(H,30,34)/t25-/m0/s1. The van der Waals surface area contributed by atoms with Gasteiger partial charge in [-0.2, -0.15) is 0 Å². The molecule has 0 aromatic heterocycles. The van der Waals surface area contributed by atoms with E-state index in [4.69, 9.17) is 14.2 Å². The van der Waals surface area contributed by atoms with Crippen LogP contribution in [0, 0.1) is 0 Å². The van der Waals surface area contributed by atoms with E-state index in [0.29, 0.717) is 31.7 Å². The Morgan fingerprint density at radius 3 is 2.49 bits per heavy atom. The number of nitrogens with one attached hydrogen (secondary N) is 1. The Bertz CT molecular complexity index is 1060. The lowest BCUT2D eigenvalue weighted by molar-refractivity contribution is -0.155. The molecule has 0 bridgehead atoms. The third-order valence-corrected chi connectivity index (χ3v) is 5.94. The van der Waals surface area contributed by atoms with E-state index in [1.54, 1.807) is 13.0 Å². The molecule has 1 amide bonds. The lowest BCUT2D eigenvalue weighted by Crippen LogP contribution is -2.45. The van der Waals surface area contributed by atoms with Crippen molar-refractivity contribution in [2.75, 3.05) is 19.7 Å². The van der Waals surface area contributed by atoms with Gasteiger partial charge in [0.2, 0.25) is 0 Å². The Labute approximate surface area is 219 Å². The van der Waals surface area contributed by atoms with E-state index < -0.39 is 11.7 Å². The Balaban J connectivity index is 1.61. The monoisotopic (exact) mass is 510 g/mol. The highest BCUT2D eigenvalue weighted by Gasteiger charge is 2.24. The molecule has 0 radical (unpaired) electrons. The Morgan fingerprint density at radius 2 is 1.78 bits per heavy atom. The minimum atomic E-state index is -0.562. The highest BCUT2D eigenvalue weighted by Crippen LogP contribution is 2.22. The maximum Gasteiger partial charge on any atom is 0.407 e. The van der Waals surface area contributed by atoms with Gasteiger partial charge in [0, 0.05) is 32.1 Å². The smallest absolute Gasteiger partial charge is 0.407 e. The molecule has 1 atom stereocenters. The molecule has 1 aliphatic heterocycles. The number of hydrogen-bond acceptors (Lipinski definition) is 7. The summed E-state index contributed by atoms with van der Waals surface area (Å²) in [4.78, 5) is 39.2. The molecule has 1 N–H and O–H groups in total. The first-order valence-electron chi connectivity index (χ1n) is 12.8. The molecule has 8 heteroatoms. The number of nitrogens with zero attached hydrogens (tertiary/aromatic N) is 1. The second kappa shape index (κ2) is 13.2. The van der Waals surface area contributed by atoms with E-state index in [2.05, 4.69) is 10.2 Å². The fourth-order valence-electron chi connectivity index (χ4n) is 4.25. The molecule has 0 aliphatic carbocycles. The van der Waals surface area contributed by atoms with Crippen LogP contribution >= 0.6 is 0 Å². The number of hydrogen-bond donors (Lipinski definition) is 1. The van der Waals surface area contributed by atoms with E-state index in [1.165, 1.54) is 0 Å². The normalized spacial score (nSPS) is 14.3. The van der Waals surface area contributed by atoms with Crippen molar-refractivity contribution in [3.8, 4) is 0 Å². The van der Waals surface area contributed by atoms with Crippen LogP contribution in [0.1, 0.15) is 67.6 Å². The fourth-order valence-corrected chi connectivity index (χ4v) is 4.25. The van der Waals surface area contributed by atoms with Crippen molar-refractivity contribution in [2.24, 2.45) is 0 Å². The average Bonchev–Trinajstić information content (AvgIpc) is 2.85. The summed E-state index contributed by atoms with van der Waals surface area (Å²) in [6.45, 7) is 9.81. The Morgan fingerprint density at radius 1 is 1.03 bits per heavy atom. The summed E-state index contributed by atoms with van der Waals surface area (Å²) in [5, 5.41) is 2.94. The molecular weight excluding hydrogens is 472 g/mol. The van der Waals surface area contributed by atoms with Gasteiger partial charge < -0.3 is 19.5 Å². The van der Waals surface area contributed by atoms with Gasteiger partial charge in [-0.3, -0.25) is 9.69 Å². The molecule has 37 heavy (non-hydrogen) atoms. The van der Waals surface area contributed by atoms with Gasteiger partial charge in [-0.05, 0) is 69.4 Å². The number of ether oxygens (including phenoxy) is 3. The van der Waals surface area contributed by atoms with Crippen LogP contribution in [-0.4, -0.2) is 54.3 Å². The summed E-state index contributed by atoms with van der Waals surface area (Å²) in [5.74, 6) is -0.611. The lowest BCUT2D eigenvalue weighted by atomic mass is 9.96. The molecule has 0 unspecified atom stereocenters. The van der Waals surface area contributed by atoms with Crippen LogP contribution in [0.15, 0.2) is 48.5 Å². The summed E-state index contributed by atoms with van der Waals surface area (Å²) < 4.78 is 16.0. The zero-order chi connectivity index (χ0) is 26.8. The molecule has 1 heterocycles. The first kappa shape index (κ1) is 28.2. The predicted molar refractivity (Wildman–Crippen MR) is 140 cm³/mol. The SMILES string of the molecule is CCOC(=O)c1ccc2c(c1)CCN(C[C@H](CCC(=O)OC(C)(C)C)NC(=O)OCc1ccccc1)C2. The molecule has 3 rings (SSSR count). The number of benzene rings is 2. The van der Waals surface area contributed by atoms with Crippen LogP contribution in [0.25, 0.3) is 0 Å². The first-order chi connectivity index (χ1) is 17.6. The summed E-state index contributed by atoms with van der Waals surface area (Å²) in [5.41, 5.74) is 3.16. The molecule has 0 saturated heterocycles. The first-order valence-corrected chi connectivity index (χ1v) is 12.8. The zero-order valence-corrected chi connectivity index (χ0v) is 22.2. The van der Waals surface area contributed by atoms with Crippen molar-refractivity contribution in [1.29, 1.82) is 0 Å². The van der Waals surface area contributed by atoms with Crippen LogP contribution in [0.4, 0.5) is 4.79 Å². The molecule has 1 aliphatic rings. The molecule has 0 spiro atoms. The molecule has 0 fully saturated rings. The largest absolute Gasteiger partial charge is 0.462 e. The van der Waals surface area contributed by atoms with E-state index in [-0.39, 0.29) is 31.0 Å². The van der Waals surface area contributed by atoms with Crippen LogP contribution in [0.3, 0.4) is 0 Å². The molecule has 200 valence electrons. The maximum atomic E-state index is 12.6. The molecule has 2 aromatic rings. The number of carbonyl (C=O) groups excluding carboxylic acids is 3. The minimum absolute atomic E-state index is 0.172. The Hall–Kier alpha value is -3.39. The van der Waals surface area contributed by atoms with Crippen molar-refractivity contribution in [3.05, 3.63) is 70.8 Å². The molecular formula is C29H38N2O6. The summed E-state index contributed by atoms with van der Waals surface area (Å²) in [7, 11) is 0. The average molecular weight is 511 g/mol. The number of fused-ring (bicyclic) bond motifs is 1. The number of carbonyl (C=O) groups is 3.